The number of hydrogen-bond acceptors (Lipinski definition) is 3. The molecule has 1 aromatic carbocycles. The number of nitrogens with zero attached hydrogens (tertiary/aromatic N) is 1. The Balaban J connectivity index is 1.74. The molecule has 2 rings (SSSR count). The fourth-order valence-electron chi connectivity index (χ4n) is 2.03. The molecular weight excluding hydrogens is 324 g/mol. The van der Waals surface area contributed by atoms with Crippen LogP contribution in [0.4, 0.5) is 0 Å². The van der Waals surface area contributed by atoms with Crippen LogP contribution < -0.4 is 10.1 Å². The highest BCUT2D eigenvalue weighted by Crippen LogP contribution is 2.16. The fourth-order valence-corrected chi connectivity index (χ4v) is 2.30. The van der Waals surface area contributed by atoms with Crippen molar-refractivity contribution in [3.8, 4) is 5.75 Å². The van der Waals surface area contributed by atoms with Crippen molar-refractivity contribution in [1.29, 1.82) is 0 Å². The van der Waals surface area contributed by atoms with E-state index in [0.29, 0.717) is 19.7 Å². The summed E-state index contributed by atoms with van der Waals surface area (Å²) in [5, 5.41) is 2.67. The van der Waals surface area contributed by atoms with Crippen LogP contribution in [-0.2, 0) is 9.59 Å². The molecule has 1 fully saturated rings. The summed E-state index contributed by atoms with van der Waals surface area (Å²) in [7, 11) is 1.73. The molecule has 1 N–H and O–H groups in total. The second-order valence-corrected chi connectivity index (χ2v) is 5.68. The summed E-state index contributed by atoms with van der Waals surface area (Å²) in [6.07, 6.45) is 0.288. The summed E-state index contributed by atoms with van der Waals surface area (Å²) in [5.74, 6) is 0.470. The van der Waals surface area contributed by atoms with Crippen molar-refractivity contribution >= 4 is 27.7 Å². The predicted octanol–water partition coefficient (Wildman–Crippen LogP) is 1.42. The lowest BCUT2D eigenvalue weighted by Gasteiger charge is -2.20. The summed E-state index contributed by atoms with van der Waals surface area (Å²) < 4.78 is 6.56. The molecule has 0 saturated carbocycles. The number of carbonyl (C=O) groups is 2. The van der Waals surface area contributed by atoms with Crippen LogP contribution in [0.5, 0.6) is 5.75 Å². The Morgan fingerprint density at radius 2 is 2.15 bits per heavy atom. The number of hydrogen-bond donors (Lipinski definition) is 1. The summed E-state index contributed by atoms with van der Waals surface area (Å²) >= 11 is 3.36. The SMILES string of the molecule is CN(CCOc1ccc(Br)cc1)C(=O)C1CNC(=O)C1. The highest BCUT2D eigenvalue weighted by Gasteiger charge is 2.29. The van der Waals surface area contributed by atoms with Crippen LogP contribution in [0.1, 0.15) is 6.42 Å². The van der Waals surface area contributed by atoms with Crippen molar-refractivity contribution < 1.29 is 14.3 Å². The standard InChI is InChI=1S/C14H17BrN2O3/c1-17(14(19)10-8-13(18)16-9-10)6-7-20-12-4-2-11(15)3-5-12/h2-5,10H,6-9H2,1H3,(H,16,18). The van der Waals surface area contributed by atoms with E-state index < -0.39 is 0 Å². The van der Waals surface area contributed by atoms with Gasteiger partial charge in [0.1, 0.15) is 12.4 Å². The first kappa shape index (κ1) is 14.8. The highest BCUT2D eigenvalue weighted by molar-refractivity contribution is 9.10. The minimum atomic E-state index is -0.236. The molecule has 2 amide bonds. The third-order valence-electron chi connectivity index (χ3n) is 3.21. The molecule has 0 spiro atoms. The minimum Gasteiger partial charge on any atom is -0.492 e. The molecule has 1 aromatic rings. The third kappa shape index (κ3) is 3.96. The molecule has 20 heavy (non-hydrogen) atoms. The Hall–Kier alpha value is -1.56. The lowest BCUT2D eigenvalue weighted by atomic mass is 10.1. The van der Waals surface area contributed by atoms with Crippen LogP contribution in [0.25, 0.3) is 0 Å². The van der Waals surface area contributed by atoms with Gasteiger partial charge in [0.05, 0.1) is 12.5 Å². The van der Waals surface area contributed by atoms with Crippen molar-refractivity contribution in [3.63, 3.8) is 0 Å². The summed E-state index contributed by atoms with van der Waals surface area (Å²) in [5.41, 5.74) is 0. The van der Waals surface area contributed by atoms with Crippen molar-refractivity contribution in [3.05, 3.63) is 28.7 Å². The molecule has 5 nitrogen and oxygen atoms in total. The lowest BCUT2D eigenvalue weighted by molar-refractivity contribution is -0.134. The van der Waals surface area contributed by atoms with Gasteiger partial charge in [-0.05, 0) is 24.3 Å². The molecule has 1 saturated heterocycles. The summed E-state index contributed by atoms with van der Waals surface area (Å²) in [6, 6.07) is 7.54. The van der Waals surface area contributed by atoms with Crippen LogP contribution in [0, 0.1) is 5.92 Å². The molecule has 1 unspecified atom stereocenters. The lowest BCUT2D eigenvalue weighted by Crippen LogP contribution is -2.36. The van der Waals surface area contributed by atoms with Crippen molar-refractivity contribution in [2.24, 2.45) is 5.92 Å². The average molecular weight is 341 g/mol. The second-order valence-electron chi connectivity index (χ2n) is 4.77. The molecule has 6 heteroatoms. The van der Waals surface area contributed by atoms with E-state index in [-0.39, 0.29) is 24.2 Å². The van der Waals surface area contributed by atoms with Gasteiger partial charge in [0.2, 0.25) is 11.8 Å². The number of ether oxygens (including phenoxy) is 1. The Labute approximate surface area is 126 Å². The van der Waals surface area contributed by atoms with Crippen LogP contribution in [0.3, 0.4) is 0 Å². The molecule has 1 aliphatic rings. The number of halogens is 1. The smallest absolute Gasteiger partial charge is 0.227 e. The number of benzene rings is 1. The molecule has 0 radical (unpaired) electrons. The molecule has 0 aliphatic carbocycles. The van der Waals surface area contributed by atoms with E-state index in [4.69, 9.17) is 4.74 Å². The Kier molecular flexibility index (Phi) is 5.00. The zero-order valence-electron chi connectivity index (χ0n) is 11.3. The van der Waals surface area contributed by atoms with Gasteiger partial charge in [0.25, 0.3) is 0 Å². The van der Waals surface area contributed by atoms with Gasteiger partial charge in [-0.1, -0.05) is 15.9 Å². The van der Waals surface area contributed by atoms with E-state index in [2.05, 4.69) is 21.2 Å². The topological polar surface area (TPSA) is 58.6 Å². The maximum absolute atomic E-state index is 12.0. The highest BCUT2D eigenvalue weighted by atomic mass is 79.9. The number of rotatable bonds is 5. The van der Waals surface area contributed by atoms with Gasteiger partial charge < -0.3 is 15.0 Å². The number of carbonyl (C=O) groups excluding carboxylic acids is 2. The molecule has 0 aromatic heterocycles. The quantitative estimate of drug-likeness (QED) is 0.881. The Bertz CT molecular complexity index is 490. The first-order chi connectivity index (χ1) is 9.56. The monoisotopic (exact) mass is 340 g/mol. The van der Waals surface area contributed by atoms with E-state index in [1.165, 1.54) is 0 Å². The van der Waals surface area contributed by atoms with E-state index in [1.54, 1.807) is 11.9 Å². The van der Waals surface area contributed by atoms with Gasteiger partial charge >= 0.3 is 0 Å². The van der Waals surface area contributed by atoms with E-state index in [9.17, 15) is 9.59 Å². The average Bonchev–Trinajstić information content (AvgIpc) is 2.86. The van der Waals surface area contributed by atoms with Crippen LogP contribution in [-0.4, -0.2) is 43.5 Å². The van der Waals surface area contributed by atoms with E-state index in [1.807, 2.05) is 24.3 Å². The minimum absolute atomic E-state index is 0.0113. The molecule has 108 valence electrons. The van der Waals surface area contributed by atoms with Gasteiger partial charge in [0.15, 0.2) is 0 Å². The van der Waals surface area contributed by atoms with Crippen LogP contribution in [0.15, 0.2) is 28.7 Å². The first-order valence-electron chi connectivity index (χ1n) is 6.46. The third-order valence-corrected chi connectivity index (χ3v) is 3.74. The zero-order chi connectivity index (χ0) is 14.5. The number of nitrogens with one attached hydrogen (secondary N) is 1. The van der Waals surface area contributed by atoms with Gasteiger partial charge in [-0.15, -0.1) is 0 Å². The maximum Gasteiger partial charge on any atom is 0.227 e. The van der Waals surface area contributed by atoms with Gasteiger partial charge in [-0.25, -0.2) is 0 Å². The van der Waals surface area contributed by atoms with Gasteiger partial charge in [-0.2, -0.15) is 0 Å². The molecule has 1 heterocycles. The maximum atomic E-state index is 12.0. The molecule has 1 atom stereocenters. The van der Waals surface area contributed by atoms with Crippen molar-refractivity contribution in [2.45, 2.75) is 6.42 Å². The fraction of sp³-hybridized carbons (Fsp3) is 0.429. The Morgan fingerprint density at radius 3 is 2.75 bits per heavy atom. The normalized spacial score (nSPS) is 17.7. The van der Waals surface area contributed by atoms with Gasteiger partial charge in [-0.3, -0.25) is 9.59 Å². The van der Waals surface area contributed by atoms with E-state index in [0.717, 1.165) is 10.2 Å². The largest absolute Gasteiger partial charge is 0.492 e. The summed E-state index contributed by atoms with van der Waals surface area (Å²) in [6.45, 7) is 1.37. The van der Waals surface area contributed by atoms with E-state index >= 15 is 0 Å². The van der Waals surface area contributed by atoms with Crippen molar-refractivity contribution in [1.82, 2.24) is 10.2 Å². The van der Waals surface area contributed by atoms with Crippen LogP contribution in [0.2, 0.25) is 0 Å². The number of amides is 2. The number of likely N-dealkylation sites (N-methyl/N-ethyl adjacent to an activating group) is 1. The zero-order valence-corrected chi connectivity index (χ0v) is 12.9. The Morgan fingerprint density at radius 1 is 1.45 bits per heavy atom. The summed E-state index contributed by atoms with van der Waals surface area (Å²) in [4.78, 5) is 24.8. The van der Waals surface area contributed by atoms with Gasteiger partial charge in [0, 0.05) is 24.5 Å². The van der Waals surface area contributed by atoms with Crippen LogP contribution >= 0.6 is 15.9 Å². The molecular formula is C14H17BrN2O3. The molecule has 1 aliphatic heterocycles. The predicted molar refractivity (Wildman–Crippen MR) is 78.4 cm³/mol. The second kappa shape index (κ2) is 6.74. The first-order valence-corrected chi connectivity index (χ1v) is 7.25. The van der Waals surface area contributed by atoms with Crippen molar-refractivity contribution in [2.75, 3.05) is 26.7 Å². The molecule has 0 bridgehead atoms.